The minimum atomic E-state index is -0.340. The molecule has 0 saturated carbocycles. The lowest BCUT2D eigenvalue weighted by Gasteiger charge is -2.04. The molecule has 4 rings (SSSR count). The van der Waals surface area contributed by atoms with Crippen LogP contribution < -0.4 is 0 Å². The van der Waals surface area contributed by atoms with Gasteiger partial charge in [-0.1, -0.05) is 29.4 Å². The molecular formula is C16H10ClFN4OS. The SMILES string of the molecule is Fc1cccc(Cl)c1CSc1nnc2ccc(-c3ccco3)nn12. The molecule has 0 spiro atoms. The molecule has 5 nitrogen and oxygen atoms in total. The number of nitrogens with zero attached hydrogens (tertiary/aromatic N) is 4. The molecule has 120 valence electrons. The lowest BCUT2D eigenvalue weighted by molar-refractivity contribution is 0.577. The Morgan fingerprint density at radius 2 is 2.04 bits per heavy atom. The zero-order chi connectivity index (χ0) is 16.5. The number of hydrogen-bond acceptors (Lipinski definition) is 5. The fourth-order valence-corrected chi connectivity index (χ4v) is 3.45. The number of aromatic nitrogens is 4. The van der Waals surface area contributed by atoms with Gasteiger partial charge in [0.05, 0.1) is 6.26 Å². The number of rotatable bonds is 4. The number of thioether (sulfide) groups is 1. The zero-order valence-corrected chi connectivity index (χ0v) is 13.8. The summed E-state index contributed by atoms with van der Waals surface area (Å²) in [7, 11) is 0. The Kier molecular flexibility index (Phi) is 3.95. The number of hydrogen-bond donors (Lipinski definition) is 0. The third kappa shape index (κ3) is 2.76. The molecule has 24 heavy (non-hydrogen) atoms. The van der Waals surface area contributed by atoms with Crippen LogP contribution in [0.4, 0.5) is 4.39 Å². The van der Waals surface area contributed by atoms with Gasteiger partial charge in [-0.15, -0.1) is 10.2 Å². The molecule has 0 unspecified atom stereocenters. The largest absolute Gasteiger partial charge is 0.463 e. The highest BCUT2D eigenvalue weighted by Crippen LogP contribution is 2.28. The van der Waals surface area contributed by atoms with Gasteiger partial charge >= 0.3 is 0 Å². The fraction of sp³-hybridized carbons (Fsp3) is 0.0625. The van der Waals surface area contributed by atoms with Crippen molar-refractivity contribution in [2.45, 2.75) is 10.9 Å². The van der Waals surface area contributed by atoms with Crippen LogP contribution in [0.3, 0.4) is 0 Å². The average Bonchev–Trinajstić information content (AvgIpc) is 3.24. The van der Waals surface area contributed by atoms with Crippen molar-refractivity contribution in [3.8, 4) is 11.5 Å². The van der Waals surface area contributed by atoms with Gasteiger partial charge in [0.15, 0.2) is 11.4 Å². The van der Waals surface area contributed by atoms with E-state index in [0.717, 1.165) is 0 Å². The minimum Gasteiger partial charge on any atom is -0.463 e. The summed E-state index contributed by atoms with van der Waals surface area (Å²) in [6.45, 7) is 0. The Labute approximate surface area is 145 Å². The van der Waals surface area contributed by atoms with Gasteiger partial charge in [-0.2, -0.15) is 9.61 Å². The standard InChI is InChI=1S/C16H10ClFN4OS/c17-11-3-1-4-12(18)10(11)9-24-16-20-19-15-7-6-13(21-22(15)16)14-5-2-8-23-14/h1-8H,9H2. The van der Waals surface area contributed by atoms with Crippen LogP contribution in [0.25, 0.3) is 17.1 Å². The van der Waals surface area contributed by atoms with Crippen molar-refractivity contribution in [2.24, 2.45) is 0 Å². The van der Waals surface area contributed by atoms with Crippen LogP contribution in [0.2, 0.25) is 5.02 Å². The number of fused-ring (bicyclic) bond motifs is 1. The number of halogens is 2. The van der Waals surface area contributed by atoms with Crippen molar-refractivity contribution < 1.29 is 8.81 Å². The zero-order valence-electron chi connectivity index (χ0n) is 12.2. The predicted molar refractivity (Wildman–Crippen MR) is 89.5 cm³/mol. The number of benzene rings is 1. The van der Waals surface area contributed by atoms with Crippen molar-refractivity contribution in [1.29, 1.82) is 0 Å². The average molecular weight is 361 g/mol. The van der Waals surface area contributed by atoms with E-state index in [1.54, 1.807) is 35.0 Å². The van der Waals surface area contributed by atoms with Gasteiger partial charge in [0.25, 0.3) is 0 Å². The Bertz CT molecular complexity index is 982. The molecule has 1 aromatic carbocycles. The predicted octanol–water partition coefficient (Wildman–Crippen LogP) is 4.47. The van der Waals surface area contributed by atoms with Gasteiger partial charge in [-0.25, -0.2) is 4.39 Å². The summed E-state index contributed by atoms with van der Waals surface area (Å²) in [6.07, 6.45) is 1.59. The first-order valence-electron chi connectivity index (χ1n) is 7.04. The molecule has 3 aromatic heterocycles. The summed E-state index contributed by atoms with van der Waals surface area (Å²) in [5, 5.41) is 13.6. The first-order valence-corrected chi connectivity index (χ1v) is 8.41. The van der Waals surface area contributed by atoms with E-state index in [9.17, 15) is 4.39 Å². The van der Waals surface area contributed by atoms with Gasteiger partial charge in [0.1, 0.15) is 11.5 Å². The van der Waals surface area contributed by atoms with E-state index in [2.05, 4.69) is 15.3 Å². The van der Waals surface area contributed by atoms with Crippen LogP contribution in [-0.2, 0) is 5.75 Å². The molecule has 0 radical (unpaired) electrons. The Hall–Kier alpha value is -2.38. The van der Waals surface area contributed by atoms with E-state index in [1.807, 2.05) is 12.1 Å². The molecule has 0 saturated heterocycles. The second-order valence-electron chi connectivity index (χ2n) is 4.94. The first-order chi connectivity index (χ1) is 11.7. The van der Waals surface area contributed by atoms with Crippen molar-refractivity contribution >= 4 is 29.0 Å². The van der Waals surface area contributed by atoms with Crippen molar-refractivity contribution in [2.75, 3.05) is 0 Å². The highest BCUT2D eigenvalue weighted by molar-refractivity contribution is 7.98. The van der Waals surface area contributed by atoms with E-state index in [4.69, 9.17) is 16.0 Å². The van der Waals surface area contributed by atoms with Gasteiger partial charge in [0, 0.05) is 16.3 Å². The van der Waals surface area contributed by atoms with Gasteiger partial charge in [-0.05, 0) is 36.4 Å². The third-order valence-electron chi connectivity index (χ3n) is 3.42. The number of furan rings is 1. The maximum atomic E-state index is 13.9. The van der Waals surface area contributed by atoms with Crippen molar-refractivity contribution in [3.05, 3.63) is 65.1 Å². The van der Waals surface area contributed by atoms with Crippen LogP contribution in [0.15, 0.2) is 58.3 Å². The molecule has 0 aliphatic carbocycles. The molecule has 0 bridgehead atoms. The lowest BCUT2D eigenvalue weighted by atomic mass is 10.2. The van der Waals surface area contributed by atoms with Crippen LogP contribution in [-0.4, -0.2) is 19.8 Å². The summed E-state index contributed by atoms with van der Waals surface area (Å²) in [6, 6.07) is 11.9. The summed E-state index contributed by atoms with van der Waals surface area (Å²) in [5.74, 6) is 0.644. The Morgan fingerprint density at radius 1 is 1.12 bits per heavy atom. The Balaban J connectivity index is 1.66. The van der Waals surface area contributed by atoms with Crippen LogP contribution in [0.1, 0.15) is 5.56 Å². The van der Waals surface area contributed by atoms with E-state index in [-0.39, 0.29) is 5.82 Å². The van der Waals surface area contributed by atoms with Crippen LogP contribution in [0, 0.1) is 5.82 Å². The minimum absolute atomic E-state index is 0.332. The molecule has 4 aromatic rings. The summed E-state index contributed by atoms with van der Waals surface area (Å²) < 4.78 is 20.8. The lowest BCUT2D eigenvalue weighted by Crippen LogP contribution is -1.97. The van der Waals surface area contributed by atoms with E-state index in [0.29, 0.717) is 38.6 Å². The summed E-state index contributed by atoms with van der Waals surface area (Å²) in [5.41, 5.74) is 1.70. The van der Waals surface area contributed by atoms with Crippen molar-refractivity contribution in [3.63, 3.8) is 0 Å². The van der Waals surface area contributed by atoms with E-state index in [1.165, 1.54) is 17.8 Å². The summed E-state index contributed by atoms with van der Waals surface area (Å²) >= 11 is 7.37. The Morgan fingerprint density at radius 3 is 2.83 bits per heavy atom. The maximum absolute atomic E-state index is 13.9. The van der Waals surface area contributed by atoms with Crippen LogP contribution >= 0.6 is 23.4 Å². The first kappa shape index (κ1) is 15.2. The normalized spacial score (nSPS) is 11.2. The molecule has 0 fully saturated rings. The van der Waals surface area contributed by atoms with Gasteiger partial charge in [-0.3, -0.25) is 0 Å². The highest BCUT2D eigenvalue weighted by Gasteiger charge is 2.13. The molecule has 0 aliphatic rings. The maximum Gasteiger partial charge on any atom is 0.212 e. The van der Waals surface area contributed by atoms with E-state index < -0.39 is 0 Å². The molecule has 8 heteroatoms. The van der Waals surface area contributed by atoms with Gasteiger partial charge < -0.3 is 4.42 Å². The van der Waals surface area contributed by atoms with E-state index >= 15 is 0 Å². The van der Waals surface area contributed by atoms with Crippen LogP contribution in [0.5, 0.6) is 0 Å². The fourth-order valence-electron chi connectivity index (χ4n) is 2.22. The quantitative estimate of drug-likeness (QED) is 0.502. The molecule has 0 atom stereocenters. The molecule has 0 N–H and O–H groups in total. The second kappa shape index (κ2) is 6.26. The third-order valence-corrected chi connectivity index (χ3v) is 4.72. The second-order valence-corrected chi connectivity index (χ2v) is 6.29. The molecule has 0 amide bonds. The van der Waals surface area contributed by atoms with Gasteiger partial charge in [0.2, 0.25) is 5.16 Å². The molecule has 0 aliphatic heterocycles. The molecular weight excluding hydrogens is 351 g/mol. The smallest absolute Gasteiger partial charge is 0.212 e. The molecule has 3 heterocycles. The van der Waals surface area contributed by atoms with Crippen molar-refractivity contribution in [1.82, 2.24) is 19.8 Å². The highest BCUT2D eigenvalue weighted by atomic mass is 35.5. The summed E-state index contributed by atoms with van der Waals surface area (Å²) in [4.78, 5) is 0. The topological polar surface area (TPSA) is 56.2 Å². The monoisotopic (exact) mass is 360 g/mol.